The highest BCUT2D eigenvalue weighted by Crippen LogP contribution is 2.21. The molecule has 6 heteroatoms. The molecular formula is C11H17BrN2OS2. The molecule has 1 rings (SSSR count). The van der Waals surface area contributed by atoms with Gasteiger partial charge in [0, 0.05) is 33.9 Å². The average Bonchev–Trinajstić information content (AvgIpc) is 2.70. The van der Waals surface area contributed by atoms with Crippen LogP contribution in [0.15, 0.2) is 15.2 Å². The van der Waals surface area contributed by atoms with Crippen LogP contribution in [0, 0.1) is 0 Å². The van der Waals surface area contributed by atoms with Crippen LogP contribution in [-0.4, -0.2) is 37.3 Å². The number of hydrogen-bond acceptors (Lipinski definition) is 3. The summed E-state index contributed by atoms with van der Waals surface area (Å²) in [4.78, 5) is 2.04. The number of nitrogens with one attached hydrogen (secondary N) is 1. The lowest BCUT2D eigenvalue weighted by Crippen LogP contribution is -2.37. The highest BCUT2D eigenvalue weighted by atomic mass is 79.9. The predicted octanol–water partition coefficient (Wildman–Crippen LogP) is 2.85. The summed E-state index contributed by atoms with van der Waals surface area (Å²) in [5.74, 6) is 0. The van der Waals surface area contributed by atoms with Crippen LogP contribution >= 0.6 is 39.5 Å². The highest BCUT2D eigenvalue weighted by molar-refractivity contribution is 9.11. The van der Waals surface area contributed by atoms with Crippen molar-refractivity contribution in [3.63, 3.8) is 0 Å². The maximum atomic E-state index is 5.30. The first kappa shape index (κ1) is 14.9. The molecule has 1 aromatic rings. The molecule has 0 radical (unpaired) electrons. The Kier molecular flexibility index (Phi) is 7.03. The Balaban J connectivity index is 2.27. The summed E-state index contributed by atoms with van der Waals surface area (Å²) in [5.41, 5.74) is 1.27. The summed E-state index contributed by atoms with van der Waals surface area (Å²) in [7, 11) is 3.70. The smallest absolute Gasteiger partial charge is 0.168 e. The van der Waals surface area contributed by atoms with Crippen LogP contribution in [0.1, 0.15) is 12.0 Å². The predicted molar refractivity (Wildman–Crippen MR) is 80.6 cm³/mol. The van der Waals surface area contributed by atoms with E-state index in [1.807, 2.05) is 11.9 Å². The van der Waals surface area contributed by atoms with Crippen molar-refractivity contribution < 1.29 is 4.74 Å². The maximum Gasteiger partial charge on any atom is 0.168 e. The van der Waals surface area contributed by atoms with Crippen LogP contribution in [0.25, 0.3) is 0 Å². The van der Waals surface area contributed by atoms with E-state index in [1.54, 1.807) is 18.4 Å². The van der Waals surface area contributed by atoms with Gasteiger partial charge in [-0.3, -0.25) is 0 Å². The topological polar surface area (TPSA) is 24.5 Å². The summed E-state index contributed by atoms with van der Waals surface area (Å²) >= 11 is 10.4. The number of nitrogens with zero attached hydrogens (tertiary/aromatic N) is 1. The third kappa shape index (κ3) is 5.81. The molecule has 1 aromatic heterocycles. The fourth-order valence-electron chi connectivity index (χ4n) is 1.32. The zero-order chi connectivity index (χ0) is 12.7. The van der Waals surface area contributed by atoms with Gasteiger partial charge < -0.3 is 15.0 Å². The van der Waals surface area contributed by atoms with Gasteiger partial charge in [0.05, 0.1) is 3.79 Å². The lowest BCUT2D eigenvalue weighted by molar-refractivity contribution is 0.195. The fraction of sp³-hybridized carbons (Fsp3) is 0.545. The van der Waals surface area contributed by atoms with Crippen molar-refractivity contribution in [3.05, 3.63) is 20.8 Å². The van der Waals surface area contributed by atoms with Crippen LogP contribution in [-0.2, 0) is 11.3 Å². The molecule has 1 heterocycles. The molecule has 0 aliphatic heterocycles. The van der Waals surface area contributed by atoms with Gasteiger partial charge in [-0.1, -0.05) is 0 Å². The second kappa shape index (κ2) is 8.02. The van der Waals surface area contributed by atoms with Gasteiger partial charge in [-0.05, 0) is 51.6 Å². The van der Waals surface area contributed by atoms with Crippen molar-refractivity contribution in [2.24, 2.45) is 0 Å². The van der Waals surface area contributed by atoms with Gasteiger partial charge >= 0.3 is 0 Å². The molecule has 0 aliphatic carbocycles. The van der Waals surface area contributed by atoms with E-state index in [1.165, 1.54) is 5.56 Å². The molecule has 3 nitrogen and oxygen atoms in total. The van der Waals surface area contributed by atoms with Crippen molar-refractivity contribution in [3.8, 4) is 0 Å². The van der Waals surface area contributed by atoms with Crippen molar-refractivity contribution in [2.75, 3.05) is 27.3 Å². The molecule has 0 aromatic carbocycles. The van der Waals surface area contributed by atoms with Crippen molar-refractivity contribution in [2.45, 2.75) is 13.0 Å². The number of ether oxygens (including phenoxy) is 1. The summed E-state index contributed by atoms with van der Waals surface area (Å²) in [6.45, 7) is 2.44. The Labute approximate surface area is 120 Å². The summed E-state index contributed by atoms with van der Waals surface area (Å²) < 4.78 is 6.13. The minimum absolute atomic E-state index is 0.761. The van der Waals surface area contributed by atoms with Crippen LogP contribution in [0.2, 0.25) is 0 Å². The molecule has 0 aliphatic rings. The van der Waals surface area contributed by atoms with E-state index in [4.69, 9.17) is 17.0 Å². The third-order valence-corrected chi connectivity index (χ3v) is 4.20. The molecule has 0 spiro atoms. The zero-order valence-corrected chi connectivity index (χ0v) is 13.3. The first-order valence-corrected chi connectivity index (χ1v) is 7.42. The molecule has 0 saturated heterocycles. The Morgan fingerprint density at radius 3 is 3.00 bits per heavy atom. The zero-order valence-electron chi connectivity index (χ0n) is 10.0. The molecular weight excluding hydrogens is 320 g/mol. The largest absolute Gasteiger partial charge is 0.385 e. The molecule has 0 amide bonds. The SMILES string of the molecule is COCCCNC(=S)N(C)Cc1csc(Br)c1. The van der Waals surface area contributed by atoms with Crippen LogP contribution < -0.4 is 5.32 Å². The molecule has 0 atom stereocenters. The maximum absolute atomic E-state index is 5.30. The highest BCUT2D eigenvalue weighted by Gasteiger charge is 2.05. The number of thiophene rings is 1. The third-order valence-electron chi connectivity index (χ3n) is 2.19. The monoisotopic (exact) mass is 336 g/mol. The lowest BCUT2D eigenvalue weighted by atomic mass is 10.3. The Morgan fingerprint density at radius 1 is 1.65 bits per heavy atom. The normalized spacial score (nSPS) is 10.3. The van der Waals surface area contributed by atoms with Crippen molar-refractivity contribution >= 4 is 44.6 Å². The minimum Gasteiger partial charge on any atom is -0.385 e. The Bertz CT molecular complexity index is 357. The standard InChI is InChI=1S/C11H17BrN2OS2/c1-14(7-9-6-10(12)17-8-9)11(16)13-4-3-5-15-2/h6,8H,3-5,7H2,1-2H3,(H,13,16). The molecule has 1 N–H and O–H groups in total. The number of rotatable bonds is 6. The number of thiocarbonyl (C=S) groups is 1. The van der Waals surface area contributed by atoms with Crippen LogP contribution in [0.3, 0.4) is 0 Å². The lowest BCUT2D eigenvalue weighted by Gasteiger charge is -2.20. The van der Waals surface area contributed by atoms with E-state index < -0.39 is 0 Å². The van der Waals surface area contributed by atoms with Gasteiger partial charge in [-0.2, -0.15) is 0 Å². The first-order valence-electron chi connectivity index (χ1n) is 5.34. The Hall–Kier alpha value is -0.170. The van der Waals surface area contributed by atoms with Gasteiger partial charge in [0.25, 0.3) is 0 Å². The molecule has 0 fully saturated rings. The van der Waals surface area contributed by atoms with Gasteiger partial charge in [0.2, 0.25) is 0 Å². The molecule has 96 valence electrons. The van der Waals surface area contributed by atoms with E-state index in [0.717, 1.165) is 35.0 Å². The van der Waals surface area contributed by atoms with Crippen molar-refractivity contribution in [1.82, 2.24) is 10.2 Å². The quantitative estimate of drug-likeness (QED) is 0.637. The number of hydrogen-bond donors (Lipinski definition) is 1. The van der Waals surface area contributed by atoms with Gasteiger partial charge in [-0.15, -0.1) is 11.3 Å². The summed E-state index contributed by atoms with van der Waals surface area (Å²) in [6.07, 6.45) is 0.967. The average molecular weight is 337 g/mol. The number of halogens is 1. The van der Waals surface area contributed by atoms with Gasteiger partial charge in [0.15, 0.2) is 5.11 Å². The fourth-order valence-corrected chi connectivity index (χ4v) is 2.69. The van der Waals surface area contributed by atoms with Crippen molar-refractivity contribution in [1.29, 1.82) is 0 Å². The van der Waals surface area contributed by atoms with E-state index in [9.17, 15) is 0 Å². The van der Waals surface area contributed by atoms with E-state index in [-0.39, 0.29) is 0 Å². The van der Waals surface area contributed by atoms with Crippen LogP contribution in [0.5, 0.6) is 0 Å². The van der Waals surface area contributed by atoms with E-state index in [0.29, 0.717) is 0 Å². The Morgan fingerprint density at radius 2 is 2.41 bits per heavy atom. The van der Waals surface area contributed by atoms with Gasteiger partial charge in [0.1, 0.15) is 0 Å². The van der Waals surface area contributed by atoms with E-state index in [2.05, 4.69) is 32.7 Å². The number of methoxy groups -OCH3 is 1. The molecule has 0 bridgehead atoms. The summed E-state index contributed by atoms with van der Waals surface area (Å²) in [5, 5.41) is 6.13. The molecule has 0 saturated carbocycles. The van der Waals surface area contributed by atoms with Crippen LogP contribution in [0.4, 0.5) is 0 Å². The molecule has 17 heavy (non-hydrogen) atoms. The second-order valence-electron chi connectivity index (χ2n) is 3.69. The second-order valence-corrected chi connectivity index (χ2v) is 6.37. The molecule has 0 unspecified atom stereocenters. The first-order chi connectivity index (χ1) is 8.13. The van der Waals surface area contributed by atoms with E-state index >= 15 is 0 Å². The minimum atomic E-state index is 0.761. The van der Waals surface area contributed by atoms with Gasteiger partial charge in [-0.25, -0.2) is 0 Å². The summed E-state index contributed by atoms with van der Waals surface area (Å²) in [6, 6.07) is 2.12.